The second-order valence-corrected chi connectivity index (χ2v) is 7.53. The summed E-state index contributed by atoms with van der Waals surface area (Å²) in [5.74, 6) is 0.0470. The van der Waals surface area contributed by atoms with Crippen LogP contribution in [0.15, 0.2) is 53.1 Å². The number of nitrogens with zero attached hydrogens (tertiary/aromatic N) is 2. The molecule has 2 unspecified atom stereocenters. The van der Waals surface area contributed by atoms with Crippen molar-refractivity contribution in [1.82, 2.24) is 15.2 Å². The third-order valence-corrected chi connectivity index (χ3v) is 5.07. The van der Waals surface area contributed by atoms with Crippen LogP contribution in [0.3, 0.4) is 0 Å². The van der Waals surface area contributed by atoms with Crippen LogP contribution in [0.5, 0.6) is 0 Å². The molecule has 0 aliphatic carbocycles. The molecule has 0 saturated carbocycles. The van der Waals surface area contributed by atoms with E-state index in [2.05, 4.69) is 31.1 Å². The Bertz CT molecular complexity index is 709. The van der Waals surface area contributed by atoms with Crippen molar-refractivity contribution in [3.05, 3.63) is 64.4 Å². The molecule has 1 saturated heterocycles. The van der Waals surface area contributed by atoms with Gasteiger partial charge in [0, 0.05) is 23.8 Å². The van der Waals surface area contributed by atoms with E-state index in [0.717, 1.165) is 35.2 Å². The van der Waals surface area contributed by atoms with Crippen LogP contribution in [0.4, 0.5) is 0 Å². The fraction of sp³-hybridized carbons (Fsp3) is 0.400. The van der Waals surface area contributed by atoms with Gasteiger partial charge in [0.05, 0.1) is 31.0 Å². The molecule has 0 bridgehead atoms. The number of halogens is 1. The Hall–Kier alpha value is -1.76. The summed E-state index contributed by atoms with van der Waals surface area (Å²) in [5, 5.41) is 3.07. The van der Waals surface area contributed by atoms with Crippen molar-refractivity contribution in [1.29, 1.82) is 0 Å². The second-order valence-electron chi connectivity index (χ2n) is 6.62. The number of benzene rings is 1. The zero-order valence-corrected chi connectivity index (χ0v) is 16.5. The lowest BCUT2D eigenvalue weighted by atomic mass is 10.1. The smallest absolute Gasteiger partial charge is 0.234 e. The highest BCUT2D eigenvalue weighted by atomic mass is 79.9. The summed E-state index contributed by atoms with van der Waals surface area (Å²) in [7, 11) is 0. The highest BCUT2D eigenvalue weighted by Crippen LogP contribution is 2.17. The summed E-state index contributed by atoms with van der Waals surface area (Å²) in [4.78, 5) is 18.7. The molecule has 1 aliphatic heterocycles. The molecule has 1 fully saturated rings. The zero-order chi connectivity index (χ0) is 18.4. The maximum atomic E-state index is 12.3. The van der Waals surface area contributed by atoms with Crippen molar-refractivity contribution in [3.8, 4) is 0 Å². The predicted molar refractivity (Wildman–Crippen MR) is 105 cm³/mol. The molecular formula is C20H24BrN3O2. The summed E-state index contributed by atoms with van der Waals surface area (Å²) in [6.07, 6.45) is 2.88. The Morgan fingerprint density at radius 3 is 2.88 bits per heavy atom. The minimum Gasteiger partial charge on any atom is -0.371 e. The van der Waals surface area contributed by atoms with Gasteiger partial charge in [-0.05, 0) is 43.2 Å². The van der Waals surface area contributed by atoms with Gasteiger partial charge in [-0.15, -0.1) is 0 Å². The van der Waals surface area contributed by atoms with Crippen LogP contribution in [-0.4, -0.2) is 41.5 Å². The molecule has 0 radical (unpaired) electrons. The van der Waals surface area contributed by atoms with E-state index in [-0.39, 0.29) is 18.1 Å². The molecule has 2 atom stereocenters. The average molecular weight is 418 g/mol. The van der Waals surface area contributed by atoms with Crippen molar-refractivity contribution in [2.75, 3.05) is 19.6 Å². The largest absolute Gasteiger partial charge is 0.371 e. The second kappa shape index (κ2) is 9.26. The molecule has 1 amide bonds. The summed E-state index contributed by atoms with van der Waals surface area (Å²) in [6, 6.07) is 13.8. The number of ether oxygens (including phenoxy) is 1. The number of carbonyl (C=O) groups excluding carboxylic acids is 1. The van der Waals surface area contributed by atoms with E-state index in [9.17, 15) is 4.79 Å². The number of carbonyl (C=O) groups is 1. The number of hydrogen-bond acceptors (Lipinski definition) is 4. The topological polar surface area (TPSA) is 54.5 Å². The first-order valence-electron chi connectivity index (χ1n) is 8.89. The maximum absolute atomic E-state index is 12.3. The van der Waals surface area contributed by atoms with Crippen molar-refractivity contribution in [2.45, 2.75) is 32.1 Å². The zero-order valence-electron chi connectivity index (χ0n) is 14.9. The summed E-state index contributed by atoms with van der Waals surface area (Å²) in [5.41, 5.74) is 2.03. The molecule has 0 spiro atoms. The third-order valence-electron chi connectivity index (χ3n) is 4.54. The van der Waals surface area contributed by atoms with E-state index in [1.807, 2.05) is 49.4 Å². The number of likely N-dealkylation sites (tertiary alicyclic amines) is 1. The first kappa shape index (κ1) is 19.0. The third kappa shape index (κ3) is 5.62. The van der Waals surface area contributed by atoms with Crippen LogP contribution in [0.25, 0.3) is 0 Å². The Kier molecular flexibility index (Phi) is 6.77. The monoisotopic (exact) mass is 417 g/mol. The molecule has 1 aromatic heterocycles. The molecule has 5 nitrogen and oxygen atoms in total. The molecular weight excluding hydrogens is 394 g/mol. The van der Waals surface area contributed by atoms with Gasteiger partial charge < -0.3 is 10.1 Å². The van der Waals surface area contributed by atoms with Crippen LogP contribution in [0.1, 0.15) is 30.6 Å². The number of rotatable bonds is 7. The van der Waals surface area contributed by atoms with E-state index in [0.29, 0.717) is 13.2 Å². The fourth-order valence-corrected chi connectivity index (χ4v) is 3.35. The van der Waals surface area contributed by atoms with Gasteiger partial charge in [-0.1, -0.05) is 34.1 Å². The highest BCUT2D eigenvalue weighted by molar-refractivity contribution is 9.10. The lowest BCUT2D eigenvalue weighted by molar-refractivity contribution is -0.122. The molecule has 2 aromatic rings. The fourth-order valence-electron chi connectivity index (χ4n) is 3.09. The number of nitrogens with one attached hydrogen (secondary N) is 1. The molecule has 6 heteroatoms. The quantitative estimate of drug-likeness (QED) is 0.750. The number of aromatic nitrogens is 1. The normalized spacial score (nSPS) is 18.6. The molecule has 1 aromatic carbocycles. The summed E-state index contributed by atoms with van der Waals surface area (Å²) < 4.78 is 6.96. The number of amides is 1. The van der Waals surface area contributed by atoms with Crippen molar-refractivity contribution in [3.63, 3.8) is 0 Å². The SMILES string of the molecule is CC(NC(=O)CN1CCC(OCc2ccccn2)C1)c1ccc(Br)cc1. The molecule has 26 heavy (non-hydrogen) atoms. The number of pyridine rings is 1. The highest BCUT2D eigenvalue weighted by Gasteiger charge is 2.25. The summed E-state index contributed by atoms with van der Waals surface area (Å²) in [6.45, 7) is 4.60. The van der Waals surface area contributed by atoms with E-state index in [1.54, 1.807) is 6.20 Å². The van der Waals surface area contributed by atoms with Crippen molar-refractivity contribution < 1.29 is 9.53 Å². The molecule has 138 valence electrons. The van der Waals surface area contributed by atoms with Gasteiger partial charge in [-0.3, -0.25) is 14.7 Å². The molecule has 2 heterocycles. The van der Waals surface area contributed by atoms with E-state index in [4.69, 9.17) is 4.74 Å². The number of hydrogen-bond donors (Lipinski definition) is 1. The first-order chi connectivity index (χ1) is 12.6. The van der Waals surface area contributed by atoms with Gasteiger partial charge in [-0.25, -0.2) is 0 Å². The maximum Gasteiger partial charge on any atom is 0.234 e. The first-order valence-corrected chi connectivity index (χ1v) is 9.68. The Morgan fingerprint density at radius 2 is 2.15 bits per heavy atom. The van der Waals surface area contributed by atoms with Gasteiger partial charge in [0.1, 0.15) is 0 Å². The van der Waals surface area contributed by atoms with Crippen LogP contribution in [0.2, 0.25) is 0 Å². The van der Waals surface area contributed by atoms with Gasteiger partial charge >= 0.3 is 0 Å². The van der Waals surface area contributed by atoms with Crippen molar-refractivity contribution in [2.24, 2.45) is 0 Å². The molecule has 1 aliphatic rings. The molecule has 3 rings (SSSR count). The summed E-state index contributed by atoms with van der Waals surface area (Å²) >= 11 is 3.43. The molecule has 1 N–H and O–H groups in total. The van der Waals surface area contributed by atoms with E-state index in [1.165, 1.54) is 0 Å². The van der Waals surface area contributed by atoms with E-state index < -0.39 is 0 Å². The van der Waals surface area contributed by atoms with Gasteiger partial charge in [0.2, 0.25) is 5.91 Å². The standard InChI is InChI=1S/C20H24BrN3O2/c1-15(16-5-7-17(21)8-6-16)23-20(25)13-24-11-9-19(12-24)26-14-18-4-2-3-10-22-18/h2-8,10,15,19H,9,11-14H2,1H3,(H,23,25). The average Bonchev–Trinajstić information content (AvgIpc) is 3.08. The predicted octanol–water partition coefficient (Wildman–Crippen LogP) is 3.31. The lowest BCUT2D eigenvalue weighted by Crippen LogP contribution is -2.37. The van der Waals surface area contributed by atoms with Crippen molar-refractivity contribution >= 4 is 21.8 Å². The Balaban J connectivity index is 1.40. The van der Waals surface area contributed by atoms with E-state index >= 15 is 0 Å². The lowest BCUT2D eigenvalue weighted by Gasteiger charge is -2.19. The van der Waals surface area contributed by atoms with Crippen LogP contribution in [-0.2, 0) is 16.1 Å². The Labute approximate surface area is 162 Å². The minimum absolute atomic E-state index is 0.00518. The van der Waals surface area contributed by atoms with Crippen LogP contribution in [0, 0.1) is 0 Å². The van der Waals surface area contributed by atoms with Crippen LogP contribution < -0.4 is 5.32 Å². The van der Waals surface area contributed by atoms with Crippen LogP contribution >= 0.6 is 15.9 Å². The van der Waals surface area contributed by atoms with Gasteiger partial charge in [0.15, 0.2) is 0 Å². The van der Waals surface area contributed by atoms with Gasteiger partial charge in [0.25, 0.3) is 0 Å². The Morgan fingerprint density at radius 1 is 1.35 bits per heavy atom. The minimum atomic E-state index is -0.00518. The van der Waals surface area contributed by atoms with Gasteiger partial charge in [-0.2, -0.15) is 0 Å².